The minimum absolute atomic E-state index is 0.0186. The molecule has 0 bridgehead atoms. The second-order valence-corrected chi connectivity index (χ2v) is 7.41. The summed E-state index contributed by atoms with van der Waals surface area (Å²) in [6.07, 6.45) is 3.74. The van der Waals surface area contributed by atoms with Crippen LogP contribution in [0.5, 0.6) is 0 Å². The first-order chi connectivity index (χ1) is 9.71. The molecule has 0 atom stereocenters. The average Bonchev–Trinajstić information content (AvgIpc) is 2.84. The molecule has 1 heterocycles. The van der Waals surface area contributed by atoms with Crippen molar-refractivity contribution in [2.45, 2.75) is 51.4 Å². The fraction of sp³-hybridized carbons (Fsp3) is 0.733. The Hall–Kier alpha value is -1.01. The van der Waals surface area contributed by atoms with E-state index in [1.807, 2.05) is 6.20 Å². The van der Waals surface area contributed by atoms with Gasteiger partial charge in [0.15, 0.2) is 5.16 Å². The Bertz CT molecular complexity index is 451. The standard InChI is InChI=1S/C15H28N4OS/c1-12(2)18(6)9-7-16-13(20)11-21-14-17-8-10-19(14)15(3,4)5/h8,10,12H,7,9,11H2,1-6H3,(H,16,20). The Labute approximate surface area is 132 Å². The van der Waals surface area contributed by atoms with E-state index in [-0.39, 0.29) is 11.4 Å². The molecule has 0 aliphatic carbocycles. The van der Waals surface area contributed by atoms with Gasteiger partial charge >= 0.3 is 0 Å². The van der Waals surface area contributed by atoms with Gasteiger partial charge < -0.3 is 14.8 Å². The van der Waals surface area contributed by atoms with E-state index in [9.17, 15) is 4.79 Å². The highest BCUT2D eigenvalue weighted by Crippen LogP contribution is 2.23. The molecule has 1 rings (SSSR count). The van der Waals surface area contributed by atoms with Crippen LogP contribution in [0.4, 0.5) is 0 Å². The number of nitrogens with zero attached hydrogens (tertiary/aromatic N) is 3. The number of carbonyl (C=O) groups is 1. The summed E-state index contributed by atoms with van der Waals surface area (Å²) in [5.41, 5.74) is -0.0186. The molecule has 0 spiro atoms. The third kappa shape index (κ3) is 6.09. The maximum atomic E-state index is 11.9. The summed E-state index contributed by atoms with van der Waals surface area (Å²) in [7, 11) is 2.06. The van der Waals surface area contributed by atoms with Gasteiger partial charge in [0.1, 0.15) is 0 Å². The van der Waals surface area contributed by atoms with Crippen LogP contribution in [0.2, 0.25) is 0 Å². The van der Waals surface area contributed by atoms with Crippen molar-refractivity contribution in [1.82, 2.24) is 19.8 Å². The van der Waals surface area contributed by atoms with Crippen molar-refractivity contribution in [3.05, 3.63) is 12.4 Å². The van der Waals surface area contributed by atoms with E-state index >= 15 is 0 Å². The van der Waals surface area contributed by atoms with Crippen molar-refractivity contribution < 1.29 is 4.79 Å². The molecular formula is C15H28N4OS. The highest BCUT2D eigenvalue weighted by atomic mass is 32.2. The molecule has 0 saturated heterocycles. The van der Waals surface area contributed by atoms with Gasteiger partial charge in [-0.15, -0.1) is 0 Å². The largest absolute Gasteiger partial charge is 0.354 e. The van der Waals surface area contributed by atoms with Crippen molar-refractivity contribution in [3.63, 3.8) is 0 Å². The molecule has 0 aliphatic rings. The molecule has 5 nitrogen and oxygen atoms in total. The lowest BCUT2D eigenvalue weighted by molar-refractivity contribution is -0.118. The number of imidazole rings is 1. The zero-order chi connectivity index (χ0) is 16.0. The van der Waals surface area contributed by atoms with Gasteiger partial charge in [0.2, 0.25) is 5.91 Å². The fourth-order valence-corrected chi connectivity index (χ4v) is 2.69. The van der Waals surface area contributed by atoms with Gasteiger partial charge in [-0.05, 0) is 41.7 Å². The molecule has 1 N–H and O–H groups in total. The van der Waals surface area contributed by atoms with E-state index in [4.69, 9.17) is 0 Å². The van der Waals surface area contributed by atoms with Crippen LogP contribution in [0.1, 0.15) is 34.6 Å². The minimum atomic E-state index is -0.0186. The van der Waals surface area contributed by atoms with Crippen LogP contribution in [0, 0.1) is 0 Å². The first kappa shape index (κ1) is 18.0. The minimum Gasteiger partial charge on any atom is -0.354 e. The monoisotopic (exact) mass is 312 g/mol. The van der Waals surface area contributed by atoms with E-state index < -0.39 is 0 Å². The number of hydrogen-bond donors (Lipinski definition) is 1. The topological polar surface area (TPSA) is 50.2 Å². The molecular weight excluding hydrogens is 284 g/mol. The van der Waals surface area contributed by atoms with Gasteiger partial charge in [0.25, 0.3) is 0 Å². The molecule has 0 saturated carbocycles. The van der Waals surface area contributed by atoms with Gasteiger partial charge in [0, 0.05) is 37.1 Å². The van der Waals surface area contributed by atoms with Gasteiger partial charge in [-0.25, -0.2) is 4.98 Å². The maximum Gasteiger partial charge on any atom is 0.230 e. The molecule has 1 aromatic rings. The van der Waals surface area contributed by atoms with Gasteiger partial charge in [-0.1, -0.05) is 11.8 Å². The summed E-state index contributed by atoms with van der Waals surface area (Å²) >= 11 is 1.48. The SMILES string of the molecule is CC(C)N(C)CCNC(=O)CSc1nccn1C(C)(C)C. The van der Waals surface area contributed by atoms with Crippen molar-refractivity contribution >= 4 is 17.7 Å². The number of aromatic nitrogens is 2. The van der Waals surface area contributed by atoms with Crippen LogP contribution in [0.25, 0.3) is 0 Å². The van der Waals surface area contributed by atoms with E-state index in [1.165, 1.54) is 11.8 Å². The molecule has 0 radical (unpaired) electrons. The number of rotatable bonds is 7. The first-order valence-corrected chi connectivity index (χ1v) is 8.34. The number of carbonyl (C=O) groups excluding carboxylic acids is 1. The lowest BCUT2D eigenvalue weighted by Gasteiger charge is -2.23. The summed E-state index contributed by atoms with van der Waals surface area (Å²) in [6.45, 7) is 12.2. The van der Waals surface area contributed by atoms with Crippen molar-refractivity contribution in [2.24, 2.45) is 0 Å². The van der Waals surface area contributed by atoms with Crippen LogP contribution in [-0.2, 0) is 10.3 Å². The molecule has 1 aromatic heterocycles. The van der Waals surface area contributed by atoms with E-state index in [0.717, 1.165) is 11.7 Å². The van der Waals surface area contributed by atoms with Gasteiger partial charge in [-0.2, -0.15) is 0 Å². The number of likely N-dealkylation sites (N-methyl/N-ethyl adjacent to an activating group) is 1. The predicted octanol–water partition coefficient (Wildman–Crippen LogP) is 2.19. The maximum absolute atomic E-state index is 11.9. The quantitative estimate of drug-likeness (QED) is 0.784. The van der Waals surface area contributed by atoms with Crippen LogP contribution < -0.4 is 5.32 Å². The molecule has 6 heteroatoms. The molecule has 0 unspecified atom stereocenters. The number of nitrogens with one attached hydrogen (secondary N) is 1. The zero-order valence-corrected chi connectivity index (χ0v) is 14.8. The Morgan fingerprint density at radius 1 is 1.48 bits per heavy atom. The van der Waals surface area contributed by atoms with Crippen molar-refractivity contribution in [2.75, 3.05) is 25.9 Å². The van der Waals surface area contributed by atoms with Gasteiger partial charge in [-0.3, -0.25) is 4.79 Å². The smallest absolute Gasteiger partial charge is 0.230 e. The Morgan fingerprint density at radius 2 is 2.14 bits per heavy atom. The summed E-state index contributed by atoms with van der Waals surface area (Å²) in [6, 6.07) is 0.496. The van der Waals surface area contributed by atoms with Crippen LogP contribution in [0.15, 0.2) is 17.6 Å². The second kappa shape index (κ2) is 7.84. The van der Waals surface area contributed by atoms with Crippen molar-refractivity contribution in [3.8, 4) is 0 Å². The fourth-order valence-electron chi connectivity index (χ4n) is 1.72. The number of thioether (sulfide) groups is 1. The van der Waals surface area contributed by atoms with Crippen LogP contribution >= 0.6 is 11.8 Å². The molecule has 120 valence electrons. The van der Waals surface area contributed by atoms with E-state index in [0.29, 0.717) is 18.3 Å². The van der Waals surface area contributed by atoms with Gasteiger partial charge in [0.05, 0.1) is 5.75 Å². The molecule has 0 fully saturated rings. The Kier molecular flexibility index (Phi) is 6.74. The highest BCUT2D eigenvalue weighted by molar-refractivity contribution is 7.99. The molecule has 1 amide bonds. The second-order valence-electron chi connectivity index (χ2n) is 6.46. The number of amides is 1. The zero-order valence-electron chi connectivity index (χ0n) is 14.0. The summed E-state index contributed by atoms with van der Waals surface area (Å²) in [4.78, 5) is 18.4. The Morgan fingerprint density at radius 3 is 2.71 bits per heavy atom. The lowest BCUT2D eigenvalue weighted by atomic mass is 10.1. The molecule has 21 heavy (non-hydrogen) atoms. The third-order valence-electron chi connectivity index (χ3n) is 3.33. The van der Waals surface area contributed by atoms with E-state index in [1.54, 1.807) is 6.20 Å². The Balaban J connectivity index is 2.36. The lowest BCUT2D eigenvalue weighted by Crippen LogP contribution is -2.36. The molecule has 0 aromatic carbocycles. The number of hydrogen-bond acceptors (Lipinski definition) is 4. The van der Waals surface area contributed by atoms with E-state index in [2.05, 4.69) is 61.4 Å². The van der Waals surface area contributed by atoms with Crippen molar-refractivity contribution in [1.29, 1.82) is 0 Å². The summed E-state index contributed by atoms with van der Waals surface area (Å²) in [5, 5.41) is 3.84. The molecule has 0 aliphatic heterocycles. The van der Waals surface area contributed by atoms with Crippen LogP contribution in [0.3, 0.4) is 0 Å². The van der Waals surface area contributed by atoms with Crippen LogP contribution in [-0.4, -0.2) is 52.3 Å². The predicted molar refractivity (Wildman–Crippen MR) is 88.7 cm³/mol. The normalized spacial score (nSPS) is 12.2. The highest BCUT2D eigenvalue weighted by Gasteiger charge is 2.17. The third-order valence-corrected chi connectivity index (χ3v) is 4.30. The summed E-state index contributed by atoms with van der Waals surface area (Å²) in [5.74, 6) is 0.457. The average molecular weight is 312 g/mol. The summed E-state index contributed by atoms with van der Waals surface area (Å²) < 4.78 is 2.09. The first-order valence-electron chi connectivity index (χ1n) is 7.35.